The first kappa shape index (κ1) is 21.6. The van der Waals surface area contributed by atoms with Gasteiger partial charge in [-0.25, -0.2) is 14.6 Å². The highest BCUT2D eigenvalue weighted by atomic mass is 16.5. The molecule has 2 N–H and O–H groups in total. The number of aromatic nitrogens is 6. The van der Waals surface area contributed by atoms with Crippen LogP contribution >= 0.6 is 0 Å². The number of methoxy groups -OCH3 is 1. The van der Waals surface area contributed by atoms with Crippen LogP contribution in [0.5, 0.6) is 5.75 Å². The predicted octanol–water partition coefficient (Wildman–Crippen LogP) is 6.10. The lowest BCUT2D eigenvalue weighted by molar-refractivity contribution is 0.393. The Morgan fingerprint density at radius 2 is 1.94 bits per heavy atom. The second-order valence-corrected chi connectivity index (χ2v) is 9.68. The first-order valence-electron chi connectivity index (χ1n) is 12.0. The lowest BCUT2D eigenvalue weighted by Crippen LogP contribution is -2.05. The molecule has 1 aliphatic rings. The maximum absolute atomic E-state index is 5.82. The van der Waals surface area contributed by atoms with Crippen LogP contribution in [-0.2, 0) is 0 Å². The van der Waals surface area contributed by atoms with E-state index in [1.165, 1.54) is 0 Å². The summed E-state index contributed by atoms with van der Waals surface area (Å²) in [6.45, 7) is 10.1. The van der Waals surface area contributed by atoms with Gasteiger partial charge in [-0.2, -0.15) is 5.10 Å². The Kier molecular flexibility index (Phi) is 4.84. The van der Waals surface area contributed by atoms with Crippen LogP contribution in [0.2, 0.25) is 0 Å². The van der Waals surface area contributed by atoms with Crippen molar-refractivity contribution in [3.8, 4) is 16.9 Å². The molecule has 35 heavy (non-hydrogen) atoms. The van der Waals surface area contributed by atoms with Crippen molar-refractivity contribution in [1.29, 1.82) is 0 Å². The number of aryl methyl sites for hydroxylation is 3. The number of aromatic amines is 1. The predicted molar refractivity (Wildman–Crippen MR) is 136 cm³/mol. The van der Waals surface area contributed by atoms with Crippen molar-refractivity contribution in [2.45, 2.75) is 59.4 Å². The summed E-state index contributed by atoms with van der Waals surface area (Å²) in [6, 6.07) is 6.70. The first-order valence-corrected chi connectivity index (χ1v) is 12.0. The number of hydrogen-bond donors (Lipinski definition) is 2. The Bertz CT molecular complexity index is 1570. The SMILES string of the molecule is COc1cc2c(cc1-c1c(C)noc1C)[nH]c1nc(C)nc(Nc3cc(C(C)C)nn3C3CC3)c12. The van der Waals surface area contributed by atoms with Gasteiger partial charge in [0, 0.05) is 22.5 Å². The zero-order valence-corrected chi connectivity index (χ0v) is 20.9. The fourth-order valence-electron chi connectivity index (χ4n) is 4.77. The van der Waals surface area contributed by atoms with Crippen molar-refractivity contribution >= 4 is 33.6 Å². The number of rotatable bonds is 6. The van der Waals surface area contributed by atoms with Crippen LogP contribution < -0.4 is 10.1 Å². The number of anilines is 2. The molecule has 0 saturated heterocycles. The Morgan fingerprint density at radius 3 is 2.60 bits per heavy atom. The smallest absolute Gasteiger partial charge is 0.145 e. The highest BCUT2D eigenvalue weighted by molar-refractivity contribution is 6.13. The zero-order valence-electron chi connectivity index (χ0n) is 20.9. The van der Waals surface area contributed by atoms with Crippen molar-refractivity contribution in [2.24, 2.45) is 0 Å². The number of hydrogen-bond acceptors (Lipinski definition) is 7. The van der Waals surface area contributed by atoms with Gasteiger partial charge in [-0.3, -0.25) is 0 Å². The fraction of sp³-hybridized carbons (Fsp3) is 0.385. The topological polar surface area (TPSA) is 107 Å². The van der Waals surface area contributed by atoms with E-state index in [1.807, 2.05) is 26.8 Å². The van der Waals surface area contributed by atoms with Crippen LogP contribution in [0.1, 0.15) is 61.6 Å². The molecule has 0 unspecified atom stereocenters. The second-order valence-electron chi connectivity index (χ2n) is 9.68. The standard InChI is InChI=1S/C26H29N7O2/c1-12(2)19-11-22(33(31-19)16-7-8-16)30-26-24-17-10-21(34-6)18(23-13(3)32-35-14(23)4)9-20(17)29-25(24)27-15(5)28-26/h9-12,16H,7-8H2,1-6H3,(H2,27,28,29,30). The Balaban J connectivity index is 1.54. The monoisotopic (exact) mass is 471 g/mol. The third-order valence-electron chi connectivity index (χ3n) is 6.67. The Hall–Kier alpha value is -3.88. The zero-order chi connectivity index (χ0) is 24.4. The quantitative estimate of drug-likeness (QED) is 0.308. The largest absolute Gasteiger partial charge is 0.496 e. The van der Waals surface area contributed by atoms with E-state index >= 15 is 0 Å². The maximum atomic E-state index is 5.82. The molecule has 0 amide bonds. The summed E-state index contributed by atoms with van der Waals surface area (Å²) in [4.78, 5) is 13.0. The summed E-state index contributed by atoms with van der Waals surface area (Å²) in [5.41, 5.74) is 5.48. The van der Waals surface area contributed by atoms with Gasteiger partial charge in [-0.15, -0.1) is 0 Å². The minimum absolute atomic E-state index is 0.350. The molecule has 4 heterocycles. The molecule has 0 spiro atoms. The van der Waals surface area contributed by atoms with Crippen LogP contribution in [0.15, 0.2) is 22.7 Å². The molecule has 1 aliphatic carbocycles. The van der Waals surface area contributed by atoms with Crippen molar-refractivity contribution in [3.05, 3.63) is 41.2 Å². The molecule has 4 aromatic heterocycles. The fourth-order valence-corrected chi connectivity index (χ4v) is 4.77. The van der Waals surface area contributed by atoms with E-state index in [-0.39, 0.29) is 0 Å². The molecule has 180 valence electrons. The maximum Gasteiger partial charge on any atom is 0.145 e. The van der Waals surface area contributed by atoms with Crippen LogP contribution in [0.3, 0.4) is 0 Å². The second kappa shape index (κ2) is 7.83. The molecule has 0 atom stereocenters. The van der Waals surface area contributed by atoms with Gasteiger partial charge in [0.25, 0.3) is 0 Å². The molecule has 9 nitrogen and oxygen atoms in total. The first-order chi connectivity index (χ1) is 16.8. The minimum atomic E-state index is 0.350. The van der Waals surface area contributed by atoms with Gasteiger partial charge in [0.2, 0.25) is 0 Å². The summed E-state index contributed by atoms with van der Waals surface area (Å²) in [6.07, 6.45) is 2.31. The number of nitrogens with one attached hydrogen (secondary N) is 2. The number of H-pyrrole nitrogens is 1. The summed E-state index contributed by atoms with van der Waals surface area (Å²) in [5.74, 6) is 4.24. The number of fused-ring (bicyclic) bond motifs is 3. The van der Waals surface area contributed by atoms with Gasteiger partial charge in [-0.05, 0) is 51.7 Å². The van der Waals surface area contributed by atoms with Crippen molar-refractivity contribution in [2.75, 3.05) is 12.4 Å². The van der Waals surface area contributed by atoms with E-state index in [9.17, 15) is 0 Å². The van der Waals surface area contributed by atoms with E-state index in [4.69, 9.17) is 24.3 Å². The summed E-state index contributed by atoms with van der Waals surface area (Å²) in [5, 5.41) is 14.5. The Labute approximate surface area is 202 Å². The lowest BCUT2D eigenvalue weighted by Gasteiger charge is -2.11. The van der Waals surface area contributed by atoms with Crippen LogP contribution in [-0.4, -0.2) is 37.0 Å². The number of benzene rings is 1. The van der Waals surface area contributed by atoms with Crippen LogP contribution in [0.25, 0.3) is 33.1 Å². The van der Waals surface area contributed by atoms with E-state index in [2.05, 4.69) is 46.1 Å². The van der Waals surface area contributed by atoms with Crippen molar-refractivity contribution in [1.82, 2.24) is 29.9 Å². The lowest BCUT2D eigenvalue weighted by atomic mass is 10.0. The van der Waals surface area contributed by atoms with E-state index in [1.54, 1.807) is 7.11 Å². The van der Waals surface area contributed by atoms with Gasteiger partial charge in [0.1, 0.15) is 34.6 Å². The molecule has 0 bridgehead atoms. The average Bonchev–Trinajstić information content (AvgIpc) is 3.34. The van der Waals surface area contributed by atoms with Crippen molar-refractivity contribution in [3.63, 3.8) is 0 Å². The summed E-state index contributed by atoms with van der Waals surface area (Å²) < 4.78 is 13.4. The molecule has 9 heteroatoms. The van der Waals surface area contributed by atoms with Crippen molar-refractivity contribution < 1.29 is 9.26 Å². The highest BCUT2D eigenvalue weighted by Gasteiger charge is 2.28. The van der Waals surface area contributed by atoms with E-state index in [0.29, 0.717) is 17.8 Å². The van der Waals surface area contributed by atoms with Crippen LogP contribution in [0, 0.1) is 20.8 Å². The molecular weight excluding hydrogens is 442 g/mol. The van der Waals surface area contributed by atoms with Gasteiger partial charge in [-0.1, -0.05) is 19.0 Å². The molecule has 1 fully saturated rings. The molecule has 5 aromatic rings. The average molecular weight is 472 g/mol. The molecule has 0 aliphatic heterocycles. The van der Waals surface area contributed by atoms with Gasteiger partial charge < -0.3 is 19.6 Å². The Morgan fingerprint density at radius 1 is 1.14 bits per heavy atom. The van der Waals surface area contributed by atoms with E-state index < -0.39 is 0 Å². The third kappa shape index (κ3) is 3.53. The third-order valence-corrected chi connectivity index (χ3v) is 6.67. The summed E-state index contributed by atoms with van der Waals surface area (Å²) in [7, 11) is 1.68. The van der Waals surface area contributed by atoms with Gasteiger partial charge in [0.15, 0.2) is 0 Å². The molecule has 1 saturated carbocycles. The number of ether oxygens (including phenoxy) is 1. The molecule has 6 rings (SSSR count). The van der Waals surface area contributed by atoms with Gasteiger partial charge >= 0.3 is 0 Å². The minimum Gasteiger partial charge on any atom is -0.496 e. The van der Waals surface area contributed by atoms with Gasteiger partial charge in [0.05, 0.1) is 35.5 Å². The molecule has 1 aromatic carbocycles. The molecular formula is C26H29N7O2. The van der Waals surface area contributed by atoms with Crippen LogP contribution in [0.4, 0.5) is 11.6 Å². The normalized spacial score (nSPS) is 13.9. The highest BCUT2D eigenvalue weighted by Crippen LogP contribution is 2.42. The number of nitrogens with zero attached hydrogens (tertiary/aromatic N) is 5. The summed E-state index contributed by atoms with van der Waals surface area (Å²) >= 11 is 0. The van der Waals surface area contributed by atoms with E-state index in [0.717, 1.165) is 80.4 Å². The molecule has 0 radical (unpaired) electrons.